The maximum Gasteiger partial charge on any atom is 0.410 e. The van der Waals surface area contributed by atoms with Crippen LogP contribution in [0.4, 0.5) is 10.5 Å². The van der Waals surface area contributed by atoms with E-state index < -0.39 is 65.7 Å². The molecule has 15 heteroatoms. The zero-order valence-corrected chi connectivity index (χ0v) is 35.6. The summed E-state index contributed by atoms with van der Waals surface area (Å²) in [5.41, 5.74) is 6.06. The number of nitrogen functional groups attached to an aromatic ring is 1. The molecule has 318 valence electrons. The Hall–Kier alpha value is -3.63. The number of aryl methyl sites for hydroxylation is 1. The number of rotatable bonds is 11. The van der Waals surface area contributed by atoms with Crippen LogP contribution in [-0.4, -0.2) is 129 Å². The van der Waals surface area contributed by atoms with E-state index in [-0.39, 0.29) is 23.8 Å². The number of hydrogen-bond acceptors (Lipinski definition) is 13. The molecular formula is C42H66N6O9. The summed E-state index contributed by atoms with van der Waals surface area (Å²) in [7, 11) is 5.40. The monoisotopic (exact) mass is 798 g/mol. The molecule has 3 unspecified atom stereocenters. The number of carbonyl (C=O) groups is 3. The molecule has 3 aliphatic heterocycles. The molecule has 3 fully saturated rings. The number of ketones is 1. The second kappa shape index (κ2) is 18.5. The van der Waals surface area contributed by atoms with Gasteiger partial charge in [0.1, 0.15) is 23.8 Å². The number of aliphatic hydroxyl groups is 1. The fraction of sp³-hybridized carbons (Fsp3) is 0.738. The van der Waals surface area contributed by atoms with Crippen LogP contribution in [0.5, 0.6) is 0 Å². The summed E-state index contributed by atoms with van der Waals surface area (Å²) in [5, 5.41) is 20.0. The summed E-state index contributed by atoms with van der Waals surface area (Å²) in [5.74, 6) is -3.13. The molecule has 3 N–H and O–H groups in total. The fourth-order valence-corrected chi connectivity index (χ4v) is 9.27. The van der Waals surface area contributed by atoms with Gasteiger partial charge in [-0.3, -0.25) is 14.3 Å². The van der Waals surface area contributed by atoms with Crippen molar-refractivity contribution in [1.29, 1.82) is 0 Å². The van der Waals surface area contributed by atoms with E-state index in [4.69, 9.17) is 29.4 Å². The normalized spacial score (nSPS) is 35.8. The first-order valence-corrected chi connectivity index (χ1v) is 20.6. The molecule has 1 aromatic carbocycles. The first kappa shape index (κ1) is 44.5. The number of amides is 1. The number of aliphatic hydroxyl groups excluding tert-OH is 1. The lowest BCUT2D eigenvalue weighted by molar-refractivity contribution is -0.294. The lowest BCUT2D eigenvalue weighted by Crippen LogP contribution is -2.59. The van der Waals surface area contributed by atoms with Crippen LogP contribution in [-0.2, 0) is 39.8 Å². The zero-order valence-electron chi connectivity index (χ0n) is 35.6. The van der Waals surface area contributed by atoms with Crippen molar-refractivity contribution in [3.63, 3.8) is 0 Å². The van der Waals surface area contributed by atoms with Crippen molar-refractivity contribution in [2.24, 2.45) is 17.8 Å². The highest BCUT2D eigenvalue weighted by Gasteiger charge is 2.58. The molecule has 4 heterocycles. The van der Waals surface area contributed by atoms with Crippen LogP contribution in [0.1, 0.15) is 93.4 Å². The van der Waals surface area contributed by atoms with Crippen LogP contribution in [0.25, 0.3) is 11.3 Å². The van der Waals surface area contributed by atoms with Gasteiger partial charge >= 0.3 is 12.1 Å². The van der Waals surface area contributed by atoms with E-state index in [1.165, 1.54) is 0 Å². The highest BCUT2D eigenvalue weighted by Crippen LogP contribution is 2.43. The summed E-state index contributed by atoms with van der Waals surface area (Å²) < 4.78 is 33.2. The van der Waals surface area contributed by atoms with E-state index in [0.717, 1.165) is 17.7 Å². The Morgan fingerprint density at radius 2 is 1.81 bits per heavy atom. The second-order valence-electron chi connectivity index (χ2n) is 17.2. The summed E-state index contributed by atoms with van der Waals surface area (Å²) in [4.78, 5) is 45.7. The average molecular weight is 799 g/mol. The molecule has 0 aliphatic carbocycles. The molecule has 0 radical (unpaired) electrons. The van der Waals surface area contributed by atoms with Crippen molar-refractivity contribution in [3.8, 4) is 11.3 Å². The van der Waals surface area contributed by atoms with Crippen LogP contribution in [0.15, 0.2) is 30.5 Å². The van der Waals surface area contributed by atoms with Crippen molar-refractivity contribution in [1.82, 2.24) is 24.8 Å². The van der Waals surface area contributed by atoms with Crippen molar-refractivity contribution in [2.45, 2.75) is 154 Å². The third-order valence-corrected chi connectivity index (χ3v) is 12.7. The number of benzene rings is 1. The van der Waals surface area contributed by atoms with Crippen molar-refractivity contribution >= 4 is 23.5 Å². The van der Waals surface area contributed by atoms with Crippen LogP contribution in [0.3, 0.4) is 0 Å². The molecule has 2 aromatic rings. The van der Waals surface area contributed by atoms with E-state index in [2.05, 4.69) is 17.2 Å². The minimum atomic E-state index is -1.16. The molecule has 0 saturated carbocycles. The molecule has 12 atom stereocenters. The van der Waals surface area contributed by atoms with Crippen LogP contribution >= 0.6 is 0 Å². The number of methoxy groups -OCH3 is 1. The van der Waals surface area contributed by atoms with Crippen molar-refractivity contribution < 1.29 is 43.2 Å². The molecule has 57 heavy (non-hydrogen) atoms. The summed E-state index contributed by atoms with van der Waals surface area (Å²) in [6.45, 7) is 14.0. The number of hydrogen-bond donors (Lipinski definition) is 2. The SMILES string of the molecule is CC[C@H]1OC(=O)[C@H](C)C(=O)[C@H](C)[C@@H](O[C@@H]2OC(C)CC(N(C)C)C2O)[C@](C)(OC)CCC[C@H](C)[C@H]2N(CCCCn3cc(-c4cccc(N)c4)nn3)C(=O)O[C@]12C. The van der Waals surface area contributed by atoms with E-state index in [1.54, 1.807) is 30.5 Å². The van der Waals surface area contributed by atoms with Crippen molar-refractivity contribution in [2.75, 3.05) is 33.5 Å². The molecule has 1 aromatic heterocycles. The second-order valence-corrected chi connectivity index (χ2v) is 17.2. The molecule has 3 saturated heterocycles. The number of Topliss-reactive ketones (excluding diaryl/α,β-unsaturated/α-hetero) is 1. The van der Waals surface area contributed by atoms with Gasteiger partial charge in [0.15, 0.2) is 17.7 Å². The number of esters is 1. The van der Waals surface area contributed by atoms with Crippen LogP contribution < -0.4 is 5.73 Å². The Labute approximate surface area is 337 Å². The van der Waals surface area contributed by atoms with Crippen LogP contribution in [0, 0.1) is 17.8 Å². The number of aromatic nitrogens is 3. The van der Waals surface area contributed by atoms with Gasteiger partial charge in [-0.2, -0.15) is 0 Å². The van der Waals surface area contributed by atoms with Gasteiger partial charge in [0, 0.05) is 43.4 Å². The molecular weight excluding hydrogens is 732 g/mol. The summed E-state index contributed by atoms with van der Waals surface area (Å²) in [6.07, 6.45) is 1.79. The topological polar surface area (TPSA) is 181 Å². The maximum atomic E-state index is 14.2. The Kier molecular flexibility index (Phi) is 14.5. The third-order valence-electron chi connectivity index (χ3n) is 12.7. The third kappa shape index (κ3) is 9.65. The Morgan fingerprint density at radius 3 is 2.47 bits per heavy atom. The predicted molar refractivity (Wildman–Crippen MR) is 214 cm³/mol. The van der Waals surface area contributed by atoms with Crippen molar-refractivity contribution in [3.05, 3.63) is 30.5 Å². The highest BCUT2D eigenvalue weighted by molar-refractivity contribution is 6.00. The number of ether oxygens (including phenoxy) is 5. The molecule has 3 aliphatic rings. The standard InChI is InChI=1S/C42H66N6O9/c1-11-33-42(7)36(48(40(52)57-42)21-13-12-20-47-24-31(44-45-47)29-17-14-18-30(43)23-29)25(2)16-15-19-41(6,53-10)37(27(4)34(49)28(5)38(51)55-33)56-39-35(50)32(46(8)9)22-26(3)54-39/h14,17-18,23-28,32-33,35-37,39,50H,11-13,15-16,19-22,43H2,1-10H3/t25-,26?,27-,28+,32?,33+,35?,36+,37+,39-,41+,42+/m0/s1. The number of carbonyl (C=O) groups excluding carboxylic acids is 3. The number of anilines is 1. The lowest BCUT2D eigenvalue weighted by atomic mass is 9.76. The Balaban J connectivity index is 1.37. The van der Waals surface area contributed by atoms with Gasteiger partial charge < -0.3 is 44.3 Å². The minimum absolute atomic E-state index is 0.0736. The average Bonchev–Trinajstić information content (AvgIpc) is 3.75. The minimum Gasteiger partial charge on any atom is -0.458 e. The first-order chi connectivity index (χ1) is 26.9. The summed E-state index contributed by atoms with van der Waals surface area (Å²) >= 11 is 0. The number of nitrogens with two attached hydrogens (primary N) is 1. The molecule has 1 amide bonds. The number of nitrogens with zero attached hydrogens (tertiary/aromatic N) is 5. The van der Waals surface area contributed by atoms with Gasteiger partial charge in [0.25, 0.3) is 0 Å². The van der Waals surface area contributed by atoms with Gasteiger partial charge in [0.2, 0.25) is 0 Å². The van der Waals surface area contributed by atoms with E-state index in [1.807, 2.05) is 77.2 Å². The smallest absolute Gasteiger partial charge is 0.410 e. The van der Waals surface area contributed by atoms with E-state index in [0.29, 0.717) is 57.3 Å². The molecule has 0 spiro atoms. The van der Waals surface area contributed by atoms with Gasteiger partial charge in [-0.05, 0) is 98.4 Å². The molecule has 15 nitrogen and oxygen atoms in total. The van der Waals surface area contributed by atoms with E-state index in [9.17, 15) is 19.5 Å². The maximum absolute atomic E-state index is 14.2. The van der Waals surface area contributed by atoms with E-state index >= 15 is 0 Å². The van der Waals surface area contributed by atoms with Crippen LogP contribution in [0.2, 0.25) is 0 Å². The Morgan fingerprint density at radius 1 is 1.09 bits per heavy atom. The number of cyclic esters (lactones) is 1. The lowest BCUT2D eigenvalue weighted by Gasteiger charge is -2.46. The van der Waals surface area contributed by atoms with Gasteiger partial charge in [-0.15, -0.1) is 5.10 Å². The fourth-order valence-electron chi connectivity index (χ4n) is 9.27. The van der Waals surface area contributed by atoms with Gasteiger partial charge in [0.05, 0.1) is 30.0 Å². The molecule has 0 bridgehead atoms. The van der Waals surface area contributed by atoms with Gasteiger partial charge in [-0.1, -0.05) is 44.5 Å². The summed E-state index contributed by atoms with van der Waals surface area (Å²) in [6, 6.07) is 6.86. The predicted octanol–water partition coefficient (Wildman–Crippen LogP) is 5.09. The quantitative estimate of drug-likeness (QED) is 0.133. The first-order valence-electron chi connectivity index (χ1n) is 20.6. The number of unbranched alkanes of at least 4 members (excludes halogenated alkanes) is 1. The molecule has 5 rings (SSSR count). The zero-order chi connectivity index (χ0) is 41.8. The largest absolute Gasteiger partial charge is 0.458 e. The van der Waals surface area contributed by atoms with Gasteiger partial charge in [-0.25, -0.2) is 4.79 Å². The Bertz CT molecular complexity index is 1690. The number of fused-ring (bicyclic) bond motifs is 1. The number of likely N-dealkylation sites (N-methyl/N-ethyl adjacent to an activating group) is 1. The highest BCUT2D eigenvalue weighted by atomic mass is 16.7.